The van der Waals surface area contributed by atoms with Gasteiger partial charge in [-0.1, -0.05) is 0 Å². The molecule has 0 saturated carbocycles. The van der Waals surface area contributed by atoms with E-state index in [0.29, 0.717) is 5.69 Å². The molecule has 7 heteroatoms. The van der Waals surface area contributed by atoms with Crippen molar-refractivity contribution in [2.75, 3.05) is 13.1 Å². The van der Waals surface area contributed by atoms with E-state index >= 15 is 0 Å². The second-order valence-corrected chi connectivity index (χ2v) is 5.34. The molecule has 0 bridgehead atoms. The van der Waals surface area contributed by atoms with Crippen molar-refractivity contribution in [2.45, 2.75) is 38.8 Å². The lowest BCUT2D eigenvalue weighted by molar-refractivity contribution is -0.384. The number of amides is 1. The van der Waals surface area contributed by atoms with Gasteiger partial charge in [-0.15, -0.1) is 0 Å². The van der Waals surface area contributed by atoms with Gasteiger partial charge in [-0.3, -0.25) is 14.9 Å². The van der Waals surface area contributed by atoms with E-state index in [1.54, 1.807) is 4.57 Å². The average Bonchev–Trinajstić information content (AvgIpc) is 2.85. The number of carbonyl (C=O) groups is 1. The molecule has 20 heavy (non-hydrogen) atoms. The Morgan fingerprint density at radius 1 is 1.50 bits per heavy atom. The number of hydrogen-bond donors (Lipinski definition) is 2. The molecule has 1 aromatic rings. The van der Waals surface area contributed by atoms with Gasteiger partial charge in [0.25, 0.3) is 11.6 Å². The van der Waals surface area contributed by atoms with Gasteiger partial charge in [0.1, 0.15) is 5.69 Å². The van der Waals surface area contributed by atoms with Crippen molar-refractivity contribution in [3.63, 3.8) is 0 Å². The highest BCUT2D eigenvalue weighted by Crippen LogP contribution is 2.21. The molecule has 7 nitrogen and oxygen atoms in total. The van der Waals surface area contributed by atoms with E-state index < -0.39 is 4.92 Å². The number of hydrogen-bond acceptors (Lipinski definition) is 4. The molecule has 1 aromatic heterocycles. The second kappa shape index (κ2) is 6.04. The van der Waals surface area contributed by atoms with E-state index in [0.717, 1.165) is 25.9 Å². The van der Waals surface area contributed by atoms with Crippen LogP contribution in [-0.2, 0) is 0 Å². The van der Waals surface area contributed by atoms with Gasteiger partial charge in [0.2, 0.25) is 0 Å². The van der Waals surface area contributed by atoms with Crippen LogP contribution < -0.4 is 10.6 Å². The molecule has 1 saturated heterocycles. The Hall–Kier alpha value is -1.89. The number of rotatable bonds is 4. The maximum absolute atomic E-state index is 12.3. The summed E-state index contributed by atoms with van der Waals surface area (Å²) in [6.45, 7) is 5.56. The summed E-state index contributed by atoms with van der Waals surface area (Å²) in [7, 11) is 0. The van der Waals surface area contributed by atoms with Crippen LogP contribution in [-0.4, -0.2) is 34.5 Å². The van der Waals surface area contributed by atoms with Crippen LogP contribution in [0.5, 0.6) is 0 Å². The van der Waals surface area contributed by atoms with Crippen molar-refractivity contribution in [3.05, 3.63) is 28.1 Å². The van der Waals surface area contributed by atoms with Crippen molar-refractivity contribution in [3.8, 4) is 0 Å². The molecule has 0 atom stereocenters. The molecule has 0 aliphatic carbocycles. The van der Waals surface area contributed by atoms with Crippen LogP contribution in [0.25, 0.3) is 0 Å². The van der Waals surface area contributed by atoms with Crippen LogP contribution in [0.1, 0.15) is 43.2 Å². The minimum absolute atomic E-state index is 0.00234. The van der Waals surface area contributed by atoms with E-state index in [1.165, 1.54) is 12.3 Å². The summed E-state index contributed by atoms with van der Waals surface area (Å²) in [4.78, 5) is 22.7. The van der Waals surface area contributed by atoms with E-state index in [4.69, 9.17) is 0 Å². The second-order valence-electron chi connectivity index (χ2n) is 5.34. The summed E-state index contributed by atoms with van der Waals surface area (Å²) in [5.41, 5.74) is 0.305. The smallest absolute Gasteiger partial charge is 0.287 e. The maximum atomic E-state index is 12.3. The minimum Gasteiger partial charge on any atom is -0.348 e. The van der Waals surface area contributed by atoms with Crippen molar-refractivity contribution < 1.29 is 9.72 Å². The molecule has 1 fully saturated rings. The average molecular weight is 280 g/mol. The first-order valence-corrected chi connectivity index (χ1v) is 6.87. The minimum atomic E-state index is -0.472. The number of piperidine rings is 1. The number of nitro groups is 1. The molecule has 1 aliphatic heterocycles. The highest BCUT2D eigenvalue weighted by molar-refractivity contribution is 5.93. The fourth-order valence-electron chi connectivity index (χ4n) is 2.40. The molecular weight excluding hydrogens is 260 g/mol. The van der Waals surface area contributed by atoms with Crippen molar-refractivity contribution >= 4 is 11.6 Å². The number of carbonyl (C=O) groups excluding carboxylic acids is 1. The van der Waals surface area contributed by atoms with E-state index in [9.17, 15) is 14.9 Å². The van der Waals surface area contributed by atoms with Gasteiger partial charge in [-0.2, -0.15) is 0 Å². The zero-order valence-corrected chi connectivity index (χ0v) is 11.8. The normalized spacial score (nSPS) is 16.4. The van der Waals surface area contributed by atoms with Crippen molar-refractivity contribution in [2.24, 2.45) is 0 Å². The van der Waals surface area contributed by atoms with E-state index in [2.05, 4.69) is 10.6 Å². The number of aromatic nitrogens is 1. The molecule has 0 aromatic carbocycles. The summed E-state index contributed by atoms with van der Waals surface area (Å²) < 4.78 is 1.65. The van der Waals surface area contributed by atoms with Gasteiger partial charge < -0.3 is 15.2 Å². The maximum Gasteiger partial charge on any atom is 0.287 e. The Morgan fingerprint density at radius 3 is 2.70 bits per heavy atom. The van der Waals surface area contributed by atoms with E-state index in [-0.39, 0.29) is 23.7 Å². The zero-order valence-electron chi connectivity index (χ0n) is 11.8. The Labute approximate surface area is 117 Å². The first kappa shape index (κ1) is 14.5. The van der Waals surface area contributed by atoms with Crippen molar-refractivity contribution in [1.29, 1.82) is 0 Å². The lowest BCUT2D eigenvalue weighted by atomic mass is 10.1. The molecule has 2 rings (SSSR count). The Kier molecular flexibility index (Phi) is 4.39. The first-order valence-electron chi connectivity index (χ1n) is 6.87. The standard InChI is InChI=1S/C13H20N4O3/c1-9(2)16-8-11(17(19)20)7-12(16)13(18)15-10-3-5-14-6-4-10/h7-10,14H,3-6H2,1-2H3,(H,15,18). The Balaban J connectivity index is 2.17. The molecule has 2 N–H and O–H groups in total. The SMILES string of the molecule is CC(C)n1cc([N+](=O)[O-])cc1C(=O)NC1CCNCC1. The number of nitrogens with one attached hydrogen (secondary N) is 2. The molecule has 1 aliphatic rings. The van der Waals surface area contributed by atoms with Crippen LogP contribution >= 0.6 is 0 Å². The van der Waals surface area contributed by atoms with Crippen molar-refractivity contribution in [1.82, 2.24) is 15.2 Å². The number of nitrogens with zero attached hydrogens (tertiary/aromatic N) is 2. The predicted molar refractivity (Wildman–Crippen MR) is 74.8 cm³/mol. The molecule has 0 spiro atoms. The molecule has 0 radical (unpaired) electrons. The zero-order chi connectivity index (χ0) is 14.7. The molecule has 0 unspecified atom stereocenters. The summed E-state index contributed by atoms with van der Waals surface area (Å²) in [6.07, 6.45) is 3.19. The van der Waals surface area contributed by atoms with Crippen LogP contribution in [0.4, 0.5) is 5.69 Å². The Morgan fingerprint density at radius 2 is 2.15 bits per heavy atom. The van der Waals surface area contributed by atoms with Gasteiger partial charge in [-0.05, 0) is 39.8 Å². The summed E-state index contributed by atoms with van der Waals surface area (Å²) >= 11 is 0. The largest absolute Gasteiger partial charge is 0.348 e. The highest BCUT2D eigenvalue weighted by Gasteiger charge is 2.23. The lowest BCUT2D eigenvalue weighted by Gasteiger charge is -2.24. The third kappa shape index (κ3) is 3.16. The fraction of sp³-hybridized carbons (Fsp3) is 0.615. The van der Waals surface area contributed by atoms with Gasteiger partial charge in [0, 0.05) is 18.2 Å². The van der Waals surface area contributed by atoms with Crippen LogP contribution in [0.2, 0.25) is 0 Å². The first-order chi connectivity index (χ1) is 9.49. The summed E-state index contributed by atoms with van der Waals surface area (Å²) in [6, 6.07) is 1.48. The topological polar surface area (TPSA) is 89.2 Å². The fourth-order valence-corrected chi connectivity index (χ4v) is 2.40. The summed E-state index contributed by atoms with van der Waals surface area (Å²) in [5.74, 6) is -0.237. The molecule has 1 amide bonds. The van der Waals surface area contributed by atoms with Crippen LogP contribution in [0, 0.1) is 10.1 Å². The van der Waals surface area contributed by atoms with Gasteiger partial charge >= 0.3 is 0 Å². The summed E-state index contributed by atoms with van der Waals surface area (Å²) in [5, 5.41) is 17.0. The Bertz CT molecular complexity index is 504. The third-order valence-electron chi connectivity index (χ3n) is 3.51. The van der Waals surface area contributed by atoms with Gasteiger partial charge in [0.15, 0.2) is 0 Å². The third-order valence-corrected chi connectivity index (χ3v) is 3.51. The monoisotopic (exact) mass is 280 g/mol. The molecule has 110 valence electrons. The van der Waals surface area contributed by atoms with E-state index in [1.807, 2.05) is 13.8 Å². The van der Waals surface area contributed by atoms with Gasteiger partial charge in [-0.25, -0.2) is 0 Å². The lowest BCUT2D eigenvalue weighted by Crippen LogP contribution is -2.43. The quantitative estimate of drug-likeness (QED) is 0.645. The van der Waals surface area contributed by atoms with Crippen LogP contribution in [0.15, 0.2) is 12.3 Å². The molecule has 2 heterocycles. The van der Waals surface area contributed by atoms with Gasteiger partial charge in [0.05, 0.1) is 11.1 Å². The predicted octanol–water partition coefficient (Wildman–Crippen LogP) is 1.46. The molecular formula is C13H20N4O3. The highest BCUT2D eigenvalue weighted by atomic mass is 16.6. The van der Waals surface area contributed by atoms with Crippen LogP contribution in [0.3, 0.4) is 0 Å².